The third-order valence-corrected chi connectivity index (χ3v) is 3.10. The van der Waals surface area contributed by atoms with E-state index in [9.17, 15) is 27.6 Å². The van der Waals surface area contributed by atoms with Gasteiger partial charge >= 0.3 is 12.2 Å². The minimum atomic E-state index is -4.68. The van der Waals surface area contributed by atoms with E-state index in [0.29, 0.717) is 17.0 Å². The highest BCUT2D eigenvalue weighted by atomic mass is 35.5. The Labute approximate surface area is 121 Å². The van der Waals surface area contributed by atoms with Crippen LogP contribution in [0, 0.1) is 5.92 Å². The lowest BCUT2D eigenvalue weighted by Crippen LogP contribution is -2.57. The maximum atomic E-state index is 12.7. The van der Waals surface area contributed by atoms with Crippen LogP contribution in [0.4, 0.5) is 23.7 Å². The molecule has 1 aromatic rings. The average molecular weight is 321 g/mol. The number of alkyl halides is 3. The number of rotatable bonds is 1. The average Bonchev–Trinajstić information content (AvgIpc) is 2.34. The summed E-state index contributed by atoms with van der Waals surface area (Å²) in [4.78, 5) is 35.4. The quantitative estimate of drug-likeness (QED) is 0.809. The molecule has 1 N–H and O–H groups in total. The largest absolute Gasteiger partial charge is 0.416 e. The molecule has 9 heteroatoms. The lowest BCUT2D eigenvalue weighted by Gasteiger charge is -2.28. The summed E-state index contributed by atoms with van der Waals surface area (Å²) in [6.07, 6.45) is -4.68. The number of nitrogens with zero attached hydrogens (tertiary/aromatic N) is 1. The molecule has 1 aromatic carbocycles. The van der Waals surface area contributed by atoms with Gasteiger partial charge in [0.1, 0.15) is 5.92 Å². The van der Waals surface area contributed by atoms with Crippen molar-refractivity contribution in [2.24, 2.45) is 5.92 Å². The SMILES string of the molecule is CC1C(=O)NC(=O)N(c2cc(Cl)cc(C(F)(F)F)c2)C1=O. The van der Waals surface area contributed by atoms with Crippen LogP contribution >= 0.6 is 11.6 Å². The van der Waals surface area contributed by atoms with Crippen molar-refractivity contribution in [1.82, 2.24) is 5.32 Å². The number of urea groups is 1. The van der Waals surface area contributed by atoms with Gasteiger partial charge in [-0.1, -0.05) is 11.6 Å². The van der Waals surface area contributed by atoms with E-state index in [-0.39, 0.29) is 10.7 Å². The van der Waals surface area contributed by atoms with Gasteiger partial charge < -0.3 is 0 Å². The van der Waals surface area contributed by atoms with Gasteiger partial charge in [-0.2, -0.15) is 13.2 Å². The number of hydrogen-bond acceptors (Lipinski definition) is 3. The summed E-state index contributed by atoms with van der Waals surface area (Å²) in [5.74, 6) is -2.91. The van der Waals surface area contributed by atoms with Gasteiger partial charge in [0.2, 0.25) is 11.8 Å². The number of barbiturate groups is 1. The van der Waals surface area contributed by atoms with Gasteiger partial charge in [0.15, 0.2) is 0 Å². The molecule has 112 valence electrons. The number of imide groups is 2. The Hall–Kier alpha value is -2.09. The fraction of sp³-hybridized carbons (Fsp3) is 0.250. The van der Waals surface area contributed by atoms with E-state index in [2.05, 4.69) is 0 Å². The molecule has 1 aliphatic heterocycles. The summed E-state index contributed by atoms with van der Waals surface area (Å²) >= 11 is 5.60. The molecule has 1 heterocycles. The predicted molar refractivity (Wildman–Crippen MR) is 66.6 cm³/mol. The molecule has 5 nitrogen and oxygen atoms in total. The summed E-state index contributed by atoms with van der Waals surface area (Å²) in [7, 11) is 0. The fourth-order valence-electron chi connectivity index (χ4n) is 1.79. The molecule has 1 atom stereocenters. The molecule has 1 fully saturated rings. The van der Waals surface area contributed by atoms with Crippen LogP contribution in [0.2, 0.25) is 5.02 Å². The minimum Gasteiger partial charge on any atom is -0.277 e. The lowest BCUT2D eigenvalue weighted by molar-refractivity contribution is -0.138. The van der Waals surface area contributed by atoms with Gasteiger partial charge in [-0.3, -0.25) is 14.9 Å². The topological polar surface area (TPSA) is 66.5 Å². The summed E-state index contributed by atoms with van der Waals surface area (Å²) in [6, 6.07) is 1.22. The number of anilines is 1. The third kappa shape index (κ3) is 2.85. The minimum absolute atomic E-state index is 0.287. The molecular weight excluding hydrogens is 313 g/mol. The smallest absolute Gasteiger partial charge is 0.277 e. The van der Waals surface area contributed by atoms with Gasteiger partial charge in [0, 0.05) is 5.02 Å². The van der Waals surface area contributed by atoms with Crippen molar-refractivity contribution in [2.45, 2.75) is 13.1 Å². The van der Waals surface area contributed by atoms with Crippen molar-refractivity contribution in [3.8, 4) is 0 Å². The van der Waals surface area contributed by atoms with Crippen molar-refractivity contribution in [3.05, 3.63) is 28.8 Å². The lowest BCUT2D eigenvalue weighted by atomic mass is 10.1. The zero-order valence-corrected chi connectivity index (χ0v) is 11.2. The number of carbonyl (C=O) groups excluding carboxylic acids is 3. The summed E-state index contributed by atoms with van der Waals surface area (Å²) in [6.45, 7) is 1.24. The third-order valence-electron chi connectivity index (χ3n) is 2.89. The molecule has 1 saturated heterocycles. The zero-order valence-electron chi connectivity index (χ0n) is 10.5. The van der Waals surface area contributed by atoms with Crippen LogP contribution in [-0.4, -0.2) is 17.8 Å². The van der Waals surface area contributed by atoms with Crippen LogP contribution in [0.1, 0.15) is 12.5 Å². The number of halogens is 4. The van der Waals surface area contributed by atoms with E-state index in [4.69, 9.17) is 11.6 Å². The Bertz CT molecular complexity index is 645. The van der Waals surface area contributed by atoms with Gasteiger partial charge in [-0.15, -0.1) is 0 Å². The molecule has 0 bridgehead atoms. The first kappa shape index (κ1) is 15.3. The van der Waals surface area contributed by atoms with E-state index in [0.717, 1.165) is 6.07 Å². The Balaban J connectivity index is 2.51. The van der Waals surface area contributed by atoms with Crippen molar-refractivity contribution < 1.29 is 27.6 Å². The molecular formula is C12H8ClF3N2O3. The highest BCUT2D eigenvalue weighted by molar-refractivity contribution is 6.32. The molecule has 1 unspecified atom stereocenters. The van der Waals surface area contributed by atoms with Crippen LogP contribution in [0.3, 0.4) is 0 Å². The highest BCUT2D eigenvalue weighted by Gasteiger charge is 2.39. The molecule has 0 aromatic heterocycles. The molecule has 2 rings (SSSR count). The molecule has 0 radical (unpaired) electrons. The maximum absolute atomic E-state index is 12.7. The summed E-state index contributed by atoms with van der Waals surface area (Å²) in [5.41, 5.74) is -1.45. The summed E-state index contributed by atoms with van der Waals surface area (Å²) in [5, 5.41) is 1.60. The Kier molecular flexibility index (Phi) is 3.66. The fourth-order valence-corrected chi connectivity index (χ4v) is 2.02. The number of nitrogens with one attached hydrogen (secondary N) is 1. The Morgan fingerprint density at radius 2 is 1.81 bits per heavy atom. The zero-order chi connectivity index (χ0) is 15.9. The van der Waals surface area contributed by atoms with E-state index in [1.165, 1.54) is 6.92 Å². The molecule has 0 aliphatic carbocycles. The Morgan fingerprint density at radius 1 is 1.19 bits per heavy atom. The second-order valence-corrected chi connectivity index (χ2v) is 4.82. The Morgan fingerprint density at radius 3 is 2.38 bits per heavy atom. The van der Waals surface area contributed by atoms with E-state index in [1.54, 1.807) is 0 Å². The number of amides is 4. The highest BCUT2D eigenvalue weighted by Crippen LogP contribution is 2.35. The monoisotopic (exact) mass is 320 g/mol. The van der Waals surface area contributed by atoms with Crippen LogP contribution in [0.15, 0.2) is 18.2 Å². The van der Waals surface area contributed by atoms with Crippen molar-refractivity contribution in [1.29, 1.82) is 0 Å². The maximum Gasteiger partial charge on any atom is 0.416 e. The first-order valence-corrected chi connectivity index (χ1v) is 6.05. The van der Waals surface area contributed by atoms with Gasteiger partial charge in [0.25, 0.3) is 0 Å². The van der Waals surface area contributed by atoms with Gasteiger partial charge in [0.05, 0.1) is 11.3 Å². The van der Waals surface area contributed by atoms with E-state index >= 15 is 0 Å². The summed E-state index contributed by atoms with van der Waals surface area (Å²) < 4.78 is 38.2. The molecule has 1 aliphatic rings. The molecule has 0 spiro atoms. The van der Waals surface area contributed by atoms with Crippen LogP contribution in [0.25, 0.3) is 0 Å². The van der Waals surface area contributed by atoms with Crippen LogP contribution < -0.4 is 10.2 Å². The van der Waals surface area contributed by atoms with Gasteiger partial charge in [-0.25, -0.2) is 9.69 Å². The first-order chi connectivity index (χ1) is 9.61. The van der Waals surface area contributed by atoms with Crippen LogP contribution in [-0.2, 0) is 15.8 Å². The van der Waals surface area contributed by atoms with Crippen molar-refractivity contribution in [2.75, 3.05) is 4.90 Å². The second-order valence-electron chi connectivity index (χ2n) is 4.39. The molecule has 4 amide bonds. The van der Waals surface area contributed by atoms with Gasteiger partial charge in [-0.05, 0) is 25.1 Å². The number of hydrogen-bond donors (Lipinski definition) is 1. The molecule has 0 saturated carbocycles. The van der Waals surface area contributed by atoms with E-state index < -0.39 is 35.5 Å². The normalized spacial score (nSPS) is 19.8. The number of carbonyl (C=O) groups is 3. The predicted octanol–water partition coefficient (Wildman–Crippen LogP) is 2.58. The van der Waals surface area contributed by atoms with Crippen molar-refractivity contribution >= 4 is 35.1 Å². The van der Waals surface area contributed by atoms with Crippen LogP contribution in [0.5, 0.6) is 0 Å². The first-order valence-electron chi connectivity index (χ1n) is 5.68. The van der Waals surface area contributed by atoms with Crippen molar-refractivity contribution in [3.63, 3.8) is 0 Å². The number of benzene rings is 1. The van der Waals surface area contributed by atoms with E-state index in [1.807, 2.05) is 5.32 Å². The molecule has 21 heavy (non-hydrogen) atoms. The second kappa shape index (κ2) is 5.03. The standard InChI is InChI=1S/C12H8ClF3N2O3/c1-5-9(19)17-11(21)18(10(5)20)8-3-6(12(14,15)16)2-7(13)4-8/h2-5H,1H3,(H,17,19,21).